The summed E-state index contributed by atoms with van der Waals surface area (Å²) < 4.78 is 16.9. The normalized spacial score (nSPS) is 15.3. The van der Waals surface area contributed by atoms with Crippen molar-refractivity contribution < 1.29 is 24.1 Å². The zero-order valence-electron chi connectivity index (χ0n) is 11.7. The molecule has 1 aromatic carbocycles. The number of benzene rings is 1. The largest absolute Gasteiger partial charge is 0.490 e. The summed E-state index contributed by atoms with van der Waals surface area (Å²) in [5.41, 5.74) is 0.606. The van der Waals surface area contributed by atoms with E-state index in [-0.39, 0.29) is 0 Å². The van der Waals surface area contributed by atoms with Crippen molar-refractivity contribution in [1.29, 1.82) is 0 Å². The molecule has 2 rings (SSSR count). The van der Waals surface area contributed by atoms with E-state index in [4.69, 9.17) is 14.2 Å². The highest BCUT2D eigenvalue weighted by Crippen LogP contribution is 2.39. The van der Waals surface area contributed by atoms with Crippen LogP contribution in [0.4, 0.5) is 0 Å². The van der Waals surface area contributed by atoms with Crippen LogP contribution in [0.15, 0.2) is 16.6 Å². The van der Waals surface area contributed by atoms with E-state index in [1.807, 2.05) is 0 Å². The number of hydrogen-bond acceptors (Lipinski definition) is 5. The van der Waals surface area contributed by atoms with Crippen molar-refractivity contribution in [2.75, 3.05) is 33.5 Å². The fourth-order valence-corrected chi connectivity index (χ4v) is 2.64. The van der Waals surface area contributed by atoms with E-state index in [9.17, 15) is 9.90 Å². The van der Waals surface area contributed by atoms with Crippen LogP contribution in [0.1, 0.15) is 18.0 Å². The standard InChI is InChI=1S/C14H18BrNO5/c1-19-6-3-16-12(14(17)18)9-7-10(15)13-11(8-9)20-4-2-5-21-13/h7-8,12,16H,2-6H2,1H3,(H,17,18). The number of rotatable bonds is 6. The van der Waals surface area contributed by atoms with Crippen molar-refractivity contribution >= 4 is 21.9 Å². The van der Waals surface area contributed by atoms with Crippen molar-refractivity contribution in [2.24, 2.45) is 0 Å². The molecular formula is C14H18BrNO5. The minimum absolute atomic E-state index is 0.440. The summed E-state index contributed by atoms with van der Waals surface area (Å²) in [7, 11) is 1.57. The summed E-state index contributed by atoms with van der Waals surface area (Å²) in [6.07, 6.45) is 0.797. The van der Waals surface area contributed by atoms with E-state index in [0.29, 0.717) is 47.9 Å². The van der Waals surface area contributed by atoms with Gasteiger partial charge >= 0.3 is 5.97 Å². The summed E-state index contributed by atoms with van der Waals surface area (Å²) >= 11 is 3.42. The van der Waals surface area contributed by atoms with Crippen LogP contribution in [0.2, 0.25) is 0 Å². The minimum atomic E-state index is -0.951. The summed E-state index contributed by atoms with van der Waals surface area (Å²) in [5, 5.41) is 12.3. The van der Waals surface area contributed by atoms with Crippen LogP contribution >= 0.6 is 15.9 Å². The molecular weight excluding hydrogens is 342 g/mol. The van der Waals surface area contributed by atoms with Gasteiger partial charge in [0.2, 0.25) is 0 Å². The number of halogens is 1. The molecule has 1 heterocycles. The fourth-order valence-electron chi connectivity index (χ4n) is 2.07. The van der Waals surface area contributed by atoms with Crippen LogP contribution in [0, 0.1) is 0 Å². The first-order chi connectivity index (χ1) is 10.1. The Labute approximate surface area is 131 Å². The number of carboxylic acid groups (broad SMARTS) is 1. The lowest BCUT2D eigenvalue weighted by Gasteiger charge is -2.17. The third-order valence-corrected chi connectivity index (χ3v) is 3.65. The second kappa shape index (κ2) is 7.63. The van der Waals surface area contributed by atoms with Gasteiger partial charge in [-0.1, -0.05) is 0 Å². The van der Waals surface area contributed by atoms with Gasteiger partial charge in [0.25, 0.3) is 0 Å². The SMILES string of the molecule is COCCNC(C(=O)O)c1cc(Br)c2c(c1)OCCCO2. The Balaban J connectivity index is 2.26. The predicted octanol–water partition coefficient (Wildman–Crippen LogP) is 1.97. The van der Waals surface area contributed by atoms with Gasteiger partial charge in [-0.15, -0.1) is 0 Å². The van der Waals surface area contributed by atoms with Crippen molar-refractivity contribution in [1.82, 2.24) is 5.32 Å². The van der Waals surface area contributed by atoms with Gasteiger partial charge in [-0.05, 0) is 33.6 Å². The van der Waals surface area contributed by atoms with Gasteiger partial charge in [-0.2, -0.15) is 0 Å². The second-order valence-electron chi connectivity index (χ2n) is 4.60. The van der Waals surface area contributed by atoms with Crippen LogP contribution < -0.4 is 14.8 Å². The first-order valence-corrected chi connectivity index (χ1v) is 7.47. The van der Waals surface area contributed by atoms with Crippen LogP contribution in [-0.2, 0) is 9.53 Å². The van der Waals surface area contributed by atoms with Crippen molar-refractivity contribution in [3.05, 3.63) is 22.2 Å². The Kier molecular flexibility index (Phi) is 5.84. The van der Waals surface area contributed by atoms with Crippen LogP contribution in [0.25, 0.3) is 0 Å². The number of nitrogens with one attached hydrogen (secondary N) is 1. The average molecular weight is 360 g/mol. The summed E-state index contributed by atoms with van der Waals surface area (Å²) in [4.78, 5) is 11.5. The van der Waals surface area contributed by atoms with Crippen LogP contribution in [-0.4, -0.2) is 44.6 Å². The molecule has 0 spiro atoms. The van der Waals surface area contributed by atoms with Gasteiger partial charge in [-0.25, -0.2) is 0 Å². The third-order valence-electron chi connectivity index (χ3n) is 3.06. The molecule has 0 fully saturated rings. The number of aliphatic carboxylic acids is 1. The van der Waals surface area contributed by atoms with Gasteiger partial charge in [0, 0.05) is 20.1 Å². The Hall–Kier alpha value is -1.31. The molecule has 1 aromatic rings. The lowest BCUT2D eigenvalue weighted by Crippen LogP contribution is -2.31. The minimum Gasteiger partial charge on any atom is -0.490 e. The molecule has 0 aliphatic carbocycles. The van der Waals surface area contributed by atoms with E-state index in [2.05, 4.69) is 21.2 Å². The molecule has 1 unspecified atom stereocenters. The Morgan fingerprint density at radius 1 is 1.48 bits per heavy atom. The molecule has 0 bridgehead atoms. The number of carboxylic acids is 1. The highest BCUT2D eigenvalue weighted by molar-refractivity contribution is 9.10. The lowest BCUT2D eigenvalue weighted by molar-refractivity contribution is -0.139. The van der Waals surface area contributed by atoms with E-state index in [1.165, 1.54) is 0 Å². The molecule has 116 valence electrons. The van der Waals surface area contributed by atoms with Gasteiger partial charge < -0.3 is 19.3 Å². The molecule has 0 amide bonds. The maximum Gasteiger partial charge on any atom is 0.325 e. The molecule has 1 aliphatic heterocycles. The first kappa shape index (κ1) is 16.1. The maximum absolute atomic E-state index is 11.5. The smallest absolute Gasteiger partial charge is 0.325 e. The zero-order chi connectivity index (χ0) is 15.2. The summed E-state index contributed by atoms with van der Waals surface area (Å²) in [5.74, 6) is 0.237. The molecule has 1 aliphatic rings. The van der Waals surface area contributed by atoms with Crippen LogP contribution in [0.5, 0.6) is 11.5 Å². The third kappa shape index (κ3) is 4.09. The Bertz CT molecular complexity index is 508. The summed E-state index contributed by atoms with van der Waals surface area (Å²) in [6, 6.07) is 2.63. The molecule has 7 heteroatoms. The topological polar surface area (TPSA) is 77.0 Å². The molecule has 1 atom stereocenters. The Morgan fingerprint density at radius 2 is 2.24 bits per heavy atom. The second-order valence-corrected chi connectivity index (χ2v) is 5.45. The van der Waals surface area contributed by atoms with Crippen molar-refractivity contribution in [3.8, 4) is 11.5 Å². The fraction of sp³-hybridized carbons (Fsp3) is 0.500. The maximum atomic E-state index is 11.5. The van der Waals surface area contributed by atoms with Gasteiger partial charge in [-0.3, -0.25) is 10.1 Å². The summed E-state index contributed by atoms with van der Waals surface area (Å²) in [6.45, 7) is 2.02. The molecule has 0 saturated carbocycles. The van der Waals surface area contributed by atoms with Gasteiger partial charge in [0.1, 0.15) is 6.04 Å². The monoisotopic (exact) mass is 359 g/mol. The highest BCUT2D eigenvalue weighted by atomic mass is 79.9. The van der Waals surface area contributed by atoms with E-state index >= 15 is 0 Å². The predicted molar refractivity (Wildman–Crippen MR) is 80.0 cm³/mol. The van der Waals surface area contributed by atoms with E-state index in [1.54, 1.807) is 19.2 Å². The van der Waals surface area contributed by atoms with Crippen LogP contribution in [0.3, 0.4) is 0 Å². The Morgan fingerprint density at radius 3 is 2.95 bits per heavy atom. The lowest BCUT2D eigenvalue weighted by atomic mass is 10.1. The molecule has 0 radical (unpaired) electrons. The zero-order valence-corrected chi connectivity index (χ0v) is 13.3. The average Bonchev–Trinajstić information content (AvgIpc) is 2.68. The number of ether oxygens (including phenoxy) is 3. The quantitative estimate of drug-likeness (QED) is 0.756. The highest BCUT2D eigenvalue weighted by Gasteiger charge is 2.23. The number of carbonyl (C=O) groups is 1. The van der Waals surface area contributed by atoms with E-state index in [0.717, 1.165) is 6.42 Å². The number of hydrogen-bond donors (Lipinski definition) is 2. The number of fused-ring (bicyclic) bond motifs is 1. The number of methoxy groups -OCH3 is 1. The van der Waals surface area contributed by atoms with E-state index < -0.39 is 12.0 Å². The van der Waals surface area contributed by atoms with Crippen molar-refractivity contribution in [3.63, 3.8) is 0 Å². The first-order valence-electron chi connectivity index (χ1n) is 6.67. The molecule has 0 aromatic heterocycles. The molecule has 0 saturated heterocycles. The van der Waals surface area contributed by atoms with Crippen molar-refractivity contribution in [2.45, 2.75) is 12.5 Å². The molecule has 21 heavy (non-hydrogen) atoms. The van der Waals surface area contributed by atoms with Gasteiger partial charge in [0.05, 0.1) is 24.3 Å². The van der Waals surface area contributed by atoms with Gasteiger partial charge in [0.15, 0.2) is 11.5 Å². The molecule has 6 nitrogen and oxygen atoms in total. The molecule has 2 N–H and O–H groups in total.